The zero-order valence-electron chi connectivity index (χ0n) is 11.5. The van der Waals surface area contributed by atoms with Crippen LogP contribution in [-0.4, -0.2) is 18.7 Å². The number of halogens is 4. The van der Waals surface area contributed by atoms with Crippen LogP contribution >= 0.6 is 46.4 Å². The van der Waals surface area contributed by atoms with Crippen LogP contribution < -0.4 is 10.2 Å². The van der Waals surface area contributed by atoms with Gasteiger partial charge >= 0.3 is 0 Å². The van der Waals surface area contributed by atoms with Gasteiger partial charge in [0.2, 0.25) is 0 Å². The number of ether oxygens (including phenoxy) is 1. The molecule has 0 radical (unpaired) electrons. The molecule has 1 N–H and O–H groups in total. The fourth-order valence-corrected chi connectivity index (χ4v) is 2.42. The van der Waals surface area contributed by atoms with Crippen molar-refractivity contribution in [3.05, 3.63) is 62.1 Å². The first-order valence-corrected chi connectivity index (χ1v) is 7.83. The Bertz CT molecular complexity index is 730. The van der Waals surface area contributed by atoms with Gasteiger partial charge in [-0.3, -0.25) is 4.79 Å². The van der Waals surface area contributed by atoms with E-state index in [1.54, 1.807) is 36.4 Å². The Morgan fingerprint density at radius 2 is 1.65 bits per heavy atom. The first-order chi connectivity index (χ1) is 11.0. The van der Waals surface area contributed by atoms with Gasteiger partial charge in [0.1, 0.15) is 10.8 Å². The molecule has 2 aromatic carbocycles. The van der Waals surface area contributed by atoms with E-state index in [1.165, 1.54) is 6.21 Å². The fraction of sp³-hybridized carbons (Fsp3) is 0.0667. The molecule has 0 aliphatic carbocycles. The van der Waals surface area contributed by atoms with E-state index in [1.807, 2.05) is 0 Å². The average molecular weight is 392 g/mol. The van der Waals surface area contributed by atoms with Gasteiger partial charge in [-0.1, -0.05) is 58.5 Å². The molecule has 120 valence electrons. The van der Waals surface area contributed by atoms with Gasteiger partial charge in [-0.25, -0.2) is 5.43 Å². The van der Waals surface area contributed by atoms with Crippen LogP contribution in [0.1, 0.15) is 5.56 Å². The molecule has 0 unspecified atom stereocenters. The summed E-state index contributed by atoms with van der Waals surface area (Å²) in [6.07, 6.45) is 1.36. The summed E-state index contributed by atoms with van der Waals surface area (Å²) in [4.78, 5) is 11.7. The minimum absolute atomic E-state index is 0.244. The second-order valence-electron chi connectivity index (χ2n) is 4.27. The van der Waals surface area contributed by atoms with Crippen molar-refractivity contribution >= 4 is 58.5 Å². The number of hydrogen-bond donors (Lipinski definition) is 1. The molecule has 0 heterocycles. The summed E-state index contributed by atoms with van der Waals surface area (Å²) in [5.74, 6) is -0.159. The van der Waals surface area contributed by atoms with Gasteiger partial charge < -0.3 is 4.74 Å². The summed E-state index contributed by atoms with van der Waals surface area (Å²) in [7, 11) is 0. The minimum Gasteiger partial charge on any atom is -0.482 e. The van der Waals surface area contributed by atoms with Gasteiger partial charge in [-0.15, -0.1) is 0 Å². The van der Waals surface area contributed by atoms with Gasteiger partial charge in [0, 0.05) is 5.56 Å². The Labute approximate surface area is 152 Å². The Hall–Kier alpha value is -1.46. The zero-order chi connectivity index (χ0) is 16.8. The molecule has 0 aliphatic rings. The molecule has 0 spiro atoms. The van der Waals surface area contributed by atoms with Gasteiger partial charge in [0.25, 0.3) is 5.91 Å². The Kier molecular flexibility index (Phi) is 6.54. The second kappa shape index (κ2) is 8.41. The van der Waals surface area contributed by atoms with Gasteiger partial charge in [-0.2, -0.15) is 5.10 Å². The quantitative estimate of drug-likeness (QED) is 0.586. The number of carbonyl (C=O) groups is 1. The maximum Gasteiger partial charge on any atom is 0.277 e. The summed E-state index contributed by atoms with van der Waals surface area (Å²) >= 11 is 23.8. The molecule has 2 aromatic rings. The summed E-state index contributed by atoms with van der Waals surface area (Å²) in [5.41, 5.74) is 2.81. The van der Waals surface area contributed by atoms with Crippen LogP contribution in [0.15, 0.2) is 41.5 Å². The predicted molar refractivity (Wildman–Crippen MR) is 94.2 cm³/mol. The lowest BCUT2D eigenvalue weighted by Gasteiger charge is -2.07. The largest absolute Gasteiger partial charge is 0.482 e. The lowest BCUT2D eigenvalue weighted by molar-refractivity contribution is -0.123. The van der Waals surface area contributed by atoms with E-state index in [9.17, 15) is 4.79 Å². The van der Waals surface area contributed by atoms with Gasteiger partial charge in [0.05, 0.1) is 21.3 Å². The first-order valence-electron chi connectivity index (χ1n) is 6.31. The molecule has 23 heavy (non-hydrogen) atoms. The van der Waals surface area contributed by atoms with Crippen LogP contribution in [0.4, 0.5) is 0 Å². The number of hydrazone groups is 1. The van der Waals surface area contributed by atoms with Crippen LogP contribution in [0.2, 0.25) is 20.1 Å². The maximum atomic E-state index is 11.7. The van der Waals surface area contributed by atoms with E-state index in [0.717, 1.165) is 0 Å². The summed E-state index contributed by atoms with van der Waals surface area (Å²) < 4.78 is 5.28. The number of nitrogens with zero attached hydrogens (tertiary/aromatic N) is 1. The highest BCUT2D eigenvalue weighted by atomic mass is 35.5. The maximum absolute atomic E-state index is 11.7. The third-order valence-corrected chi connectivity index (χ3v) is 4.12. The summed E-state index contributed by atoms with van der Waals surface area (Å²) in [6.45, 7) is -0.270. The van der Waals surface area contributed by atoms with Crippen molar-refractivity contribution in [1.29, 1.82) is 0 Å². The number of nitrogens with one attached hydrogen (secondary N) is 1. The molecule has 4 nitrogen and oxygen atoms in total. The van der Waals surface area contributed by atoms with E-state index in [4.69, 9.17) is 51.1 Å². The zero-order valence-corrected chi connectivity index (χ0v) is 14.5. The Balaban J connectivity index is 1.90. The van der Waals surface area contributed by atoms with E-state index in [-0.39, 0.29) is 11.6 Å². The van der Waals surface area contributed by atoms with E-state index < -0.39 is 5.91 Å². The van der Waals surface area contributed by atoms with Crippen molar-refractivity contribution in [1.82, 2.24) is 5.43 Å². The van der Waals surface area contributed by atoms with Gasteiger partial charge in [-0.05, 0) is 24.3 Å². The molecule has 1 amide bonds. The van der Waals surface area contributed by atoms with Crippen molar-refractivity contribution in [3.63, 3.8) is 0 Å². The van der Waals surface area contributed by atoms with Crippen molar-refractivity contribution in [2.45, 2.75) is 0 Å². The predicted octanol–water partition coefficient (Wildman–Crippen LogP) is 4.83. The summed E-state index contributed by atoms with van der Waals surface area (Å²) in [6, 6.07) is 9.94. The lowest BCUT2D eigenvalue weighted by Crippen LogP contribution is -2.24. The third kappa shape index (κ3) is 5.01. The molecule has 2 rings (SSSR count). The van der Waals surface area contributed by atoms with E-state index in [2.05, 4.69) is 10.5 Å². The van der Waals surface area contributed by atoms with Gasteiger partial charge in [0.15, 0.2) is 6.61 Å². The molecule has 0 atom stereocenters. The number of benzene rings is 2. The highest BCUT2D eigenvalue weighted by Gasteiger charge is 2.08. The first kappa shape index (κ1) is 17.9. The topological polar surface area (TPSA) is 50.7 Å². The number of carbonyl (C=O) groups excluding carboxylic acids is 1. The standard InChI is InChI=1S/C15H10Cl4N2O2/c16-10-3-1-4-11(17)9(10)7-20-21-14(22)8-23-13-6-2-5-12(18)15(13)19/h1-7H,8H2,(H,21,22)/b20-7+. The van der Waals surface area contributed by atoms with Crippen LogP contribution in [-0.2, 0) is 4.79 Å². The smallest absolute Gasteiger partial charge is 0.277 e. The average Bonchev–Trinajstić information content (AvgIpc) is 2.51. The minimum atomic E-state index is -0.472. The molecule has 8 heteroatoms. The molecular formula is C15H10Cl4N2O2. The Morgan fingerprint density at radius 1 is 1.04 bits per heavy atom. The van der Waals surface area contributed by atoms with Crippen molar-refractivity contribution in [3.8, 4) is 5.75 Å². The number of amides is 1. The SMILES string of the molecule is O=C(COc1cccc(Cl)c1Cl)N/N=C/c1c(Cl)cccc1Cl. The van der Waals surface area contributed by atoms with Crippen molar-refractivity contribution < 1.29 is 9.53 Å². The molecule has 0 saturated carbocycles. The molecule has 0 bridgehead atoms. The Morgan fingerprint density at radius 3 is 2.35 bits per heavy atom. The molecule has 0 fully saturated rings. The molecule has 0 saturated heterocycles. The van der Waals surface area contributed by atoms with Crippen LogP contribution in [0.25, 0.3) is 0 Å². The molecular weight excluding hydrogens is 382 g/mol. The number of hydrogen-bond acceptors (Lipinski definition) is 3. The molecule has 0 aromatic heterocycles. The van der Waals surface area contributed by atoms with E-state index >= 15 is 0 Å². The molecule has 0 aliphatic heterocycles. The van der Waals surface area contributed by atoms with Crippen LogP contribution in [0.3, 0.4) is 0 Å². The van der Waals surface area contributed by atoms with Crippen LogP contribution in [0.5, 0.6) is 5.75 Å². The normalized spacial score (nSPS) is 10.8. The van der Waals surface area contributed by atoms with Crippen molar-refractivity contribution in [2.24, 2.45) is 5.10 Å². The van der Waals surface area contributed by atoms with Crippen LogP contribution in [0, 0.1) is 0 Å². The lowest BCUT2D eigenvalue weighted by atomic mass is 10.2. The fourth-order valence-electron chi connectivity index (χ4n) is 1.57. The number of rotatable bonds is 5. The second-order valence-corrected chi connectivity index (χ2v) is 5.87. The van der Waals surface area contributed by atoms with Crippen molar-refractivity contribution in [2.75, 3.05) is 6.61 Å². The summed E-state index contributed by atoms with van der Waals surface area (Å²) in [5, 5.41) is 5.23. The highest BCUT2D eigenvalue weighted by molar-refractivity contribution is 6.43. The van der Waals surface area contributed by atoms with E-state index in [0.29, 0.717) is 26.4 Å². The third-order valence-electron chi connectivity index (χ3n) is 2.66. The monoisotopic (exact) mass is 390 g/mol. The highest BCUT2D eigenvalue weighted by Crippen LogP contribution is 2.31.